The van der Waals surface area contributed by atoms with Gasteiger partial charge in [0.05, 0.1) is 19.8 Å². The summed E-state index contributed by atoms with van der Waals surface area (Å²) < 4.78 is 10.9. The quantitative estimate of drug-likeness (QED) is 0.391. The van der Waals surface area contributed by atoms with Crippen molar-refractivity contribution in [3.63, 3.8) is 0 Å². The Morgan fingerprint density at radius 2 is 2.08 bits per heavy atom. The van der Waals surface area contributed by atoms with Gasteiger partial charge >= 0.3 is 0 Å². The fourth-order valence-corrected chi connectivity index (χ4v) is 2.54. The van der Waals surface area contributed by atoms with Crippen molar-refractivity contribution < 1.29 is 9.47 Å². The lowest BCUT2D eigenvalue weighted by molar-refractivity contribution is -0.0161. The fourth-order valence-electron chi connectivity index (χ4n) is 2.54. The van der Waals surface area contributed by atoms with Crippen LogP contribution in [0.1, 0.15) is 5.56 Å². The van der Waals surface area contributed by atoms with Crippen molar-refractivity contribution in [2.45, 2.75) is 12.5 Å². The smallest absolute Gasteiger partial charge is 0.191 e. The van der Waals surface area contributed by atoms with Gasteiger partial charge in [-0.3, -0.25) is 4.99 Å². The first-order chi connectivity index (χ1) is 11.2. The first-order valence-corrected chi connectivity index (χ1v) is 8.09. The third-order valence-corrected chi connectivity index (χ3v) is 3.93. The number of hydrogen-bond acceptors (Lipinski definition) is 4. The molecule has 0 aliphatic carbocycles. The molecule has 0 saturated carbocycles. The maximum atomic E-state index is 5.74. The lowest BCUT2D eigenvalue weighted by atomic mass is 10.1. The van der Waals surface area contributed by atoms with Crippen LogP contribution in [-0.4, -0.2) is 71.0 Å². The molecule has 1 atom stereocenters. The second-order valence-corrected chi connectivity index (χ2v) is 5.73. The van der Waals surface area contributed by atoms with Crippen molar-refractivity contribution in [3.8, 4) is 5.75 Å². The van der Waals surface area contributed by atoms with Gasteiger partial charge in [0.15, 0.2) is 5.96 Å². The van der Waals surface area contributed by atoms with Gasteiger partial charge in [0.25, 0.3) is 0 Å². The van der Waals surface area contributed by atoms with E-state index in [1.165, 1.54) is 5.56 Å². The molecule has 1 fully saturated rings. The van der Waals surface area contributed by atoms with Gasteiger partial charge in [-0.1, -0.05) is 12.1 Å². The SMILES string of the molecule is CN=C(NCCc1ccc(OC)cc1)NCC1CN(C)CCO1.I. The number of morpholine rings is 1. The monoisotopic (exact) mass is 448 g/mol. The molecule has 1 aliphatic rings. The molecule has 0 amide bonds. The summed E-state index contributed by atoms with van der Waals surface area (Å²) >= 11 is 0. The minimum absolute atomic E-state index is 0. The molecule has 1 unspecified atom stereocenters. The number of likely N-dealkylation sites (N-methyl/N-ethyl adjacent to an activating group) is 1. The van der Waals surface area contributed by atoms with Crippen LogP contribution in [-0.2, 0) is 11.2 Å². The maximum absolute atomic E-state index is 5.74. The predicted octanol–water partition coefficient (Wildman–Crippen LogP) is 1.35. The van der Waals surface area contributed by atoms with E-state index in [0.717, 1.165) is 50.9 Å². The lowest BCUT2D eigenvalue weighted by Gasteiger charge is -2.30. The zero-order valence-electron chi connectivity index (χ0n) is 14.7. The Bertz CT molecular complexity index is 496. The zero-order chi connectivity index (χ0) is 16.5. The van der Waals surface area contributed by atoms with Gasteiger partial charge < -0.3 is 25.0 Å². The molecule has 0 aromatic heterocycles. The van der Waals surface area contributed by atoms with E-state index in [4.69, 9.17) is 9.47 Å². The summed E-state index contributed by atoms with van der Waals surface area (Å²) in [5, 5.41) is 6.67. The molecule has 1 saturated heterocycles. The van der Waals surface area contributed by atoms with Crippen LogP contribution in [0.25, 0.3) is 0 Å². The van der Waals surface area contributed by atoms with Crippen molar-refractivity contribution in [3.05, 3.63) is 29.8 Å². The van der Waals surface area contributed by atoms with E-state index < -0.39 is 0 Å². The fraction of sp³-hybridized carbons (Fsp3) is 0.588. The number of rotatable bonds is 6. The average Bonchev–Trinajstić information content (AvgIpc) is 2.58. The van der Waals surface area contributed by atoms with Gasteiger partial charge in [-0.2, -0.15) is 0 Å². The highest BCUT2D eigenvalue weighted by atomic mass is 127. The summed E-state index contributed by atoms with van der Waals surface area (Å²) in [4.78, 5) is 6.54. The Kier molecular flexibility index (Phi) is 10.0. The van der Waals surface area contributed by atoms with Crippen molar-refractivity contribution >= 4 is 29.9 Å². The standard InChI is InChI=1S/C17H28N4O2.HI/c1-18-17(20-12-16-13-21(2)10-11-23-16)19-9-8-14-4-6-15(22-3)7-5-14;/h4-7,16H,8-13H2,1-3H3,(H2,18,19,20);1H. The van der Waals surface area contributed by atoms with Crippen LogP contribution in [0, 0.1) is 0 Å². The molecule has 7 heteroatoms. The van der Waals surface area contributed by atoms with E-state index in [1.54, 1.807) is 14.2 Å². The van der Waals surface area contributed by atoms with Crippen molar-refractivity contribution in [1.29, 1.82) is 0 Å². The molecule has 0 radical (unpaired) electrons. The summed E-state index contributed by atoms with van der Waals surface area (Å²) in [7, 11) is 5.59. The van der Waals surface area contributed by atoms with Crippen LogP contribution in [0.5, 0.6) is 5.75 Å². The summed E-state index contributed by atoms with van der Waals surface area (Å²) in [6.07, 6.45) is 1.15. The summed E-state index contributed by atoms with van der Waals surface area (Å²) in [5.41, 5.74) is 1.27. The van der Waals surface area contributed by atoms with E-state index in [1.807, 2.05) is 12.1 Å². The average molecular weight is 448 g/mol. The maximum Gasteiger partial charge on any atom is 0.191 e. The number of guanidine groups is 1. The van der Waals surface area contributed by atoms with Crippen LogP contribution in [0.4, 0.5) is 0 Å². The van der Waals surface area contributed by atoms with E-state index in [9.17, 15) is 0 Å². The van der Waals surface area contributed by atoms with Crippen LogP contribution in [0.2, 0.25) is 0 Å². The number of hydrogen-bond donors (Lipinski definition) is 2. The molecule has 1 heterocycles. The van der Waals surface area contributed by atoms with Crippen LogP contribution < -0.4 is 15.4 Å². The second kappa shape index (κ2) is 11.5. The summed E-state index contributed by atoms with van der Waals surface area (Å²) in [6, 6.07) is 8.14. The number of aliphatic imine (C=N–C) groups is 1. The number of nitrogens with one attached hydrogen (secondary N) is 2. The molecule has 136 valence electrons. The third-order valence-electron chi connectivity index (χ3n) is 3.93. The third kappa shape index (κ3) is 7.23. The number of ether oxygens (including phenoxy) is 2. The highest BCUT2D eigenvalue weighted by Crippen LogP contribution is 2.11. The van der Waals surface area contributed by atoms with Crippen molar-refractivity contribution in [1.82, 2.24) is 15.5 Å². The Morgan fingerprint density at radius 3 is 2.71 bits per heavy atom. The molecule has 1 aliphatic heterocycles. The van der Waals surface area contributed by atoms with Crippen LogP contribution >= 0.6 is 24.0 Å². The molecule has 0 bridgehead atoms. The first kappa shape index (κ1) is 21.0. The van der Waals surface area contributed by atoms with Gasteiger partial charge in [0.2, 0.25) is 0 Å². The number of nitrogens with zero attached hydrogens (tertiary/aromatic N) is 2. The Balaban J connectivity index is 0.00000288. The van der Waals surface area contributed by atoms with Gasteiger partial charge in [-0.25, -0.2) is 0 Å². The first-order valence-electron chi connectivity index (χ1n) is 8.09. The number of benzene rings is 1. The Hall–Kier alpha value is -1.06. The minimum Gasteiger partial charge on any atom is -0.497 e. The highest BCUT2D eigenvalue weighted by Gasteiger charge is 2.17. The van der Waals surface area contributed by atoms with Crippen LogP contribution in [0.3, 0.4) is 0 Å². The van der Waals surface area contributed by atoms with E-state index in [0.29, 0.717) is 0 Å². The topological polar surface area (TPSA) is 58.1 Å². The number of methoxy groups -OCH3 is 1. The van der Waals surface area contributed by atoms with Gasteiger partial charge in [0, 0.05) is 33.2 Å². The summed E-state index contributed by atoms with van der Waals surface area (Å²) in [6.45, 7) is 4.36. The number of halogens is 1. The second-order valence-electron chi connectivity index (χ2n) is 5.73. The molecule has 2 rings (SSSR count). The normalized spacial score (nSPS) is 18.6. The van der Waals surface area contributed by atoms with Gasteiger partial charge in [-0.15, -0.1) is 24.0 Å². The molecular weight excluding hydrogens is 419 g/mol. The lowest BCUT2D eigenvalue weighted by Crippen LogP contribution is -2.48. The molecule has 1 aromatic carbocycles. The molecule has 2 N–H and O–H groups in total. The summed E-state index contributed by atoms with van der Waals surface area (Å²) in [5.74, 6) is 1.70. The molecule has 1 aromatic rings. The van der Waals surface area contributed by atoms with Gasteiger partial charge in [-0.05, 0) is 31.2 Å². The zero-order valence-corrected chi connectivity index (χ0v) is 17.1. The Morgan fingerprint density at radius 1 is 1.33 bits per heavy atom. The van der Waals surface area contributed by atoms with E-state index in [2.05, 4.69) is 39.7 Å². The van der Waals surface area contributed by atoms with Crippen molar-refractivity contribution in [2.24, 2.45) is 4.99 Å². The molecule has 0 spiro atoms. The highest BCUT2D eigenvalue weighted by molar-refractivity contribution is 14.0. The van der Waals surface area contributed by atoms with E-state index >= 15 is 0 Å². The van der Waals surface area contributed by atoms with E-state index in [-0.39, 0.29) is 30.1 Å². The molecule has 24 heavy (non-hydrogen) atoms. The molecular formula is C17H29IN4O2. The van der Waals surface area contributed by atoms with Crippen LogP contribution in [0.15, 0.2) is 29.3 Å². The molecule has 6 nitrogen and oxygen atoms in total. The van der Waals surface area contributed by atoms with Gasteiger partial charge in [0.1, 0.15) is 5.75 Å². The Labute approximate surface area is 162 Å². The largest absolute Gasteiger partial charge is 0.497 e. The predicted molar refractivity (Wildman–Crippen MR) is 109 cm³/mol. The van der Waals surface area contributed by atoms with Crippen molar-refractivity contribution in [2.75, 3.05) is 54.0 Å². The minimum atomic E-state index is 0.